The van der Waals surface area contributed by atoms with Gasteiger partial charge in [0.1, 0.15) is 0 Å². The van der Waals surface area contributed by atoms with E-state index in [0.29, 0.717) is 5.56 Å². The van der Waals surface area contributed by atoms with Crippen LogP contribution in [0.4, 0.5) is 0 Å². The molecule has 7 heteroatoms. The molecule has 0 bridgehead atoms. The number of nitriles is 1. The highest BCUT2D eigenvalue weighted by atomic mass is 32.2. The van der Waals surface area contributed by atoms with Crippen molar-refractivity contribution in [1.82, 2.24) is 13.7 Å². The lowest BCUT2D eigenvalue weighted by atomic mass is 10.1. The minimum absolute atomic E-state index is 0.136. The van der Waals surface area contributed by atoms with E-state index in [1.165, 1.54) is 24.3 Å². The molecule has 10 rings (SSSR count). The lowest BCUT2D eigenvalue weighted by molar-refractivity contribution is 0.596. The fourth-order valence-electron chi connectivity index (χ4n) is 8.46. The van der Waals surface area contributed by atoms with Gasteiger partial charge in [0, 0.05) is 49.4 Å². The maximum absolute atomic E-state index is 13.9. The topological polar surface area (TPSA) is 72.7 Å². The lowest BCUT2D eigenvalue weighted by Gasteiger charge is -2.12. The van der Waals surface area contributed by atoms with Crippen molar-refractivity contribution in [3.63, 3.8) is 0 Å². The second-order valence-corrected chi connectivity index (χ2v) is 15.7. The number of para-hydroxylation sites is 3. The summed E-state index contributed by atoms with van der Waals surface area (Å²) in [5, 5.41) is 15.8. The van der Waals surface area contributed by atoms with E-state index in [2.05, 4.69) is 124 Å². The van der Waals surface area contributed by atoms with Crippen LogP contribution in [0.1, 0.15) is 5.56 Å². The van der Waals surface area contributed by atoms with Crippen molar-refractivity contribution in [3.8, 4) is 17.4 Å². The Morgan fingerprint density at radius 3 is 1.70 bits per heavy atom. The molecule has 266 valence electrons. The molecule has 0 aliphatic rings. The first-order valence-electron chi connectivity index (χ1n) is 18.2. The summed E-state index contributed by atoms with van der Waals surface area (Å²) in [6.07, 6.45) is 5.59. The van der Waals surface area contributed by atoms with Crippen molar-refractivity contribution >= 4 is 81.0 Å². The number of sulfone groups is 1. The number of nitrogens with zero attached hydrogens (tertiary/aromatic N) is 4. The maximum Gasteiger partial charge on any atom is 0.206 e. The molecule has 0 radical (unpaired) electrons. The molecule has 6 nitrogen and oxygen atoms in total. The van der Waals surface area contributed by atoms with Crippen LogP contribution in [-0.2, 0) is 9.84 Å². The Morgan fingerprint density at radius 2 is 1.07 bits per heavy atom. The third-order valence-electron chi connectivity index (χ3n) is 10.8. The van der Waals surface area contributed by atoms with Crippen molar-refractivity contribution in [2.75, 3.05) is 0 Å². The number of benzene rings is 7. The largest absolute Gasteiger partial charge is 0.309 e. The number of aromatic nitrogens is 3. The van der Waals surface area contributed by atoms with E-state index in [4.69, 9.17) is 0 Å². The van der Waals surface area contributed by atoms with Crippen LogP contribution in [0.15, 0.2) is 193 Å². The number of hydrogen-bond donors (Lipinski definition) is 0. The van der Waals surface area contributed by atoms with Gasteiger partial charge in [-0.05, 0) is 97.1 Å². The average Bonchev–Trinajstić information content (AvgIpc) is 3.89. The van der Waals surface area contributed by atoms with Gasteiger partial charge in [-0.25, -0.2) is 8.42 Å². The highest BCUT2D eigenvalue weighted by Gasteiger charge is 2.25. The SMILES string of the molecule is C=C/C=C(\C=C)n1c2ccccc2c2c1ccc1c3ccc4c(c5ccccc5n4-c4ccccc4)c3n(-c3ccc(S(=O)(=O)c4ccc(C#N)cc4)cc3)c12. The summed E-state index contributed by atoms with van der Waals surface area (Å²) in [6, 6.07) is 51.4. The second-order valence-electron chi connectivity index (χ2n) is 13.8. The lowest BCUT2D eigenvalue weighted by Crippen LogP contribution is -2.03. The second kappa shape index (κ2) is 12.6. The monoisotopic (exact) mass is 740 g/mol. The van der Waals surface area contributed by atoms with Gasteiger partial charge in [-0.1, -0.05) is 86.0 Å². The minimum atomic E-state index is -3.85. The molecule has 56 heavy (non-hydrogen) atoms. The summed E-state index contributed by atoms with van der Waals surface area (Å²) in [7, 11) is -3.85. The van der Waals surface area contributed by atoms with E-state index in [1.54, 1.807) is 18.2 Å². The molecule has 10 aromatic rings. The molecule has 0 saturated carbocycles. The Balaban J connectivity index is 1.37. The molecule has 0 spiro atoms. The molecule has 7 aromatic carbocycles. The first-order chi connectivity index (χ1) is 27.4. The van der Waals surface area contributed by atoms with Crippen LogP contribution < -0.4 is 0 Å². The standard InChI is InChI=1S/C49H32N4O2S/c1-3-12-33(4-2)51-42-17-10-8-15-40(42)46-44(51)29-27-38-39-28-30-45-47(41-16-9-11-18-43(41)52(45)34-13-6-5-7-14-34)49(39)53(48(38)46)35-21-25-37(26-22-35)56(54,55)36-23-19-32(31-50)20-24-36/h3-30H,1-2H2/b33-12+. The zero-order valence-electron chi connectivity index (χ0n) is 30.1. The number of hydrogen-bond acceptors (Lipinski definition) is 3. The summed E-state index contributed by atoms with van der Waals surface area (Å²) in [6.45, 7) is 8.13. The zero-order chi connectivity index (χ0) is 38.1. The Kier molecular flexibility index (Phi) is 7.46. The fraction of sp³-hybridized carbons (Fsp3) is 0. The molecule has 0 aliphatic heterocycles. The van der Waals surface area contributed by atoms with Gasteiger partial charge in [0.25, 0.3) is 0 Å². The van der Waals surface area contributed by atoms with Crippen LogP contribution in [0.25, 0.3) is 82.5 Å². The number of rotatable bonds is 7. The van der Waals surface area contributed by atoms with Gasteiger partial charge in [0.15, 0.2) is 0 Å². The molecular formula is C49H32N4O2S. The molecule has 0 amide bonds. The van der Waals surface area contributed by atoms with Crippen molar-refractivity contribution in [2.45, 2.75) is 9.79 Å². The normalized spacial score (nSPS) is 12.3. The predicted molar refractivity (Wildman–Crippen MR) is 229 cm³/mol. The van der Waals surface area contributed by atoms with E-state index >= 15 is 0 Å². The Hall–Kier alpha value is -7.40. The quantitative estimate of drug-likeness (QED) is 0.153. The van der Waals surface area contributed by atoms with Crippen molar-refractivity contribution in [2.24, 2.45) is 0 Å². The first kappa shape index (κ1) is 33.2. The molecule has 0 unspecified atom stereocenters. The molecule has 0 N–H and O–H groups in total. The molecule has 0 saturated heterocycles. The van der Waals surface area contributed by atoms with Crippen LogP contribution in [0.3, 0.4) is 0 Å². The third kappa shape index (κ3) is 4.70. The summed E-state index contributed by atoms with van der Waals surface area (Å²) in [5.74, 6) is 0. The van der Waals surface area contributed by atoms with E-state index < -0.39 is 9.84 Å². The first-order valence-corrected chi connectivity index (χ1v) is 19.7. The van der Waals surface area contributed by atoms with E-state index in [-0.39, 0.29) is 9.79 Å². The van der Waals surface area contributed by atoms with Crippen molar-refractivity contribution in [3.05, 3.63) is 189 Å². The van der Waals surface area contributed by atoms with Gasteiger partial charge >= 0.3 is 0 Å². The van der Waals surface area contributed by atoms with E-state index in [9.17, 15) is 13.7 Å². The predicted octanol–water partition coefficient (Wildman–Crippen LogP) is 11.9. The fourth-order valence-corrected chi connectivity index (χ4v) is 9.72. The highest BCUT2D eigenvalue weighted by molar-refractivity contribution is 7.91. The van der Waals surface area contributed by atoms with Crippen LogP contribution in [0, 0.1) is 11.3 Å². The Morgan fingerprint density at radius 1 is 0.536 bits per heavy atom. The van der Waals surface area contributed by atoms with E-state index in [0.717, 1.165) is 82.5 Å². The maximum atomic E-state index is 13.9. The van der Waals surface area contributed by atoms with Gasteiger partial charge in [-0.15, -0.1) is 0 Å². The summed E-state index contributed by atoms with van der Waals surface area (Å²) in [4.78, 5) is 0.307. The molecule has 3 heterocycles. The summed E-state index contributed by atoms with van der Waals surface area (Å²) in [5.41, 5.74) is 9.44. The smallest absolute Gasteiger partial charge is 0.206 e. The van der Waals surface area contributed by atoms with Crippen LogP contribution in [0.5, 0.6) is 0 Å². The van der Waals surface area contributed by atoms with Crippen molar-refractivity contribution < 1.29 is 8.42 Å². The van der Waals surface area contributed by atoms with Gasteiger partial charge < -0.3 is 13.7 Å². The third-order valence-corrected chi connectivity index (χ3v) is 12.6. The molecule has 0 aliphatic carbocycles. The van der Waals surface area contributed by atoms with Gasteiger partial charge in [0.2, 0.25) is 9.84 Å². The number of allylic oxidation sites excluding steroid dienone is 4. The molecule has 3 aromatic heterocycles. The summed E-state index contributed by atoms with van der Waals surface area (Å²) < 4.78 is 34.6. The van der Waals surface area contributed by atoms with Gasteiger partial charge in [-0.2, -0.15) is 5.26 Å². The average molecular weight is 741 g/mol. The van der Waals surface area contributed by atoms with E-state index in [1.807, 2.05) is 36.4 Å². The van der Waals surface area contributed by atoms with Gasteiger partial charge in [-0.3, -0.25) is 0 Å². The van der Waals surface area contributed by atoms with Gasteiger partial charge in [0.05, 0.1) is 54.5 Å². The zero-order valence-corrected chi connectivity index (χ0v) is 30.9. The van der Waals surface area contributed by atoms with Crippen LogP contribution in [0.2, 0.25) is 0 Å². The molecule has 0 fully saturated rings. The Bertz CT molecular complexity index is 3450. The Labute approximate surface area is 322 Å². The summed E-state index contributed by atoms with van der Waals surface area (Å²) >= 11 is 0. The molecular weight excluding hydrogens is 709 g/mol. The van der Waals surface area contributed by atoms with Crippen LogP contribution in [-0.4, -0.2) is 22.1 Å². The van der Waals surface area contributed by atoms with Crippen LogP contribution >= 0.6 is 0 Å². The minimum Gasteiger partial charge on any atom is -0.309 e. The highest BCUT2D eigenvalue weighted by Crippen LogP contribution is 2.46. The van der Waals surface area contributed by atoms with Crippen molar-refractivity contribution in [1.29, 1.82) is 5.26 Å². The number of fused-ring (bicyclic) bond motifs is 11. The molecule has 0 atom stereocenters.